The predicted octanol–water partition coefficient (Wildman–Crippen LogP) is 3.02. The van der Waals surface area contributed by atoms with Crippen molar-refractivity contribution in [2.45, 2.75) is 24.9 Å². The molecule has 0 fully saturated rings. The number of carboxylic acids is 1. The molecule has 2 N–H and O–H groups in total. The van der Waals surface area contributed by atoms with Crippen LogP contribution >= 0.6 is 11.6 Å². The average Bonchev–Trinajstić information content (AvgIpc) is 3.48. The third-order valence-electron chi connectivity index (χ3n) is 6.01. The molecular formula is C24H18ClN5O4. The average molecular weight is 476 g/mol. The second-order valence-corrected chi connectivity index (χ2v) is 8.55. The molecular weight excluding hydrogens is 458 g/mol. The number of nitrogens with zero attached hydrogens (tertiary/aromatic N) is 5. The molecule has 0 radical (unpaired) electrons. The smallest absolute Gasteiger partial charge is 0.335 e. The molecule has 10 heteroatoms. The first-order valence-electron chi connectivity index (χ1n) is 10.5. The number of aromatic carboxylic acids is 1. The van der Waals surface area contributed by atoms with Gasteiger partial charge >= 0.3 is 5.97 Å². The summed E-state index contributed by atoms with van der Waals surface area (Å²) in [7, 11) is 0. The van der Waals surface area contributed by atoms with Crippen LogP contribution in [0.1, 0.15) is 33.6 Å². The molecule has 1 aliphatic rings. The van der Waals surface area contributed by atoms with Crippen LogP contribution in [-0.4, -0.2) is 47.2 Å². The molecule has 0 bridgehead atoms. The number of pyridine rings is 1. The van der Waals surface area contributed by atoms with Crippen molar-refractivity contribution in [1.82, 2.24) is 25.2 Å². The molecule has 2 aromatic heterocycles. The Balaban J connectivity index is 1.45. The molecule has 9 nitrogen and oxygen atoms in total. The first kappa shape index (κ1) is 21.9. The lowest BCUT2D eigenvalue weighted by molar-refractivity contribution is -0.137. The van der Waals surface area contributed by atoms with Crippen molar-refractivity contribution in [2.24, 2.45) is 0 Å². The number of hydrogen-bond donors (Lipinski definition) is 2. The van der Waals surface area contributed by atoms with Crippen LogP contribution in [0.5, 0.6) is 0 Å². The minimum atomic E-state index is -1.70. The number of hydrogen-bond acceptors (Lipinski definition) is 7. The Morgan fingerprint density at radius 1 is 1.12 bits per heavy atom. The molecule has 1 unspecified atom stereocenters. The number of fused-ring (bicyclic) bond motifs is 1. The van der Waals surface area contributed by atoms with Gasteiger partial charge in [-0.25, -0.2) is 4.79 Å². The Hall–Kier alpha value is -3.95. The third-order valence-corrected chi connectivity index (χ3v) is 6.24. The molecule has 1 atom stereocenters. The van der Waals surface area contributed by atoms with Crippen molar-refractivity contribution in [3.63, 3.8) is 0 Å². The molecule has 0 saturated carbocycles. The Bertz CT molecular complexity index is 1410. The van der Waals surface area contributed by atoms with Gasteiger partial charge in [-0.15, -0.1) is 5.10 Å². The van der Waals surface area contributed by atoms with Crippen LogP contribution in [-0.2, 0) is 23.2 Å². The summed E-state index contributed by atoms with van der Waals surface area (Å²) in [5.74, 6) is -1.42. The van der Waals surface area contributed by atoms with Gasteiger partial charge in [0.05, 0.1) is 16.9 Å². The van der Waals surface area contributed by atoms with Gasteiger partial charge in [0, 0.05) is 28.8 Å². The molecule has 1 aliphatic carbocycles. The number of carboxylic acid groups (broad SMARTS) is 1. The van der Waals surface area contributed by atoms with Crippen LogP contribution < -0.4 is 0 Å². The summed E-state index contributed by atoms with van der Waals surface area (Å²) in [5, 5.41) is 32.2. The number of halogens is 1. The second kappa shape index (κ2) is 8.44. The highest BCUT2D eigenvalue weighted by molar-refractivity contribution is 6.31. The van der Waals surface area contributed by atoms with E-state index in [1.807, 2.05) is 6.07 Å². The summed E-state index contributed by atoms with van der Waals surface area (Å²) in [6, 6.07) is 13.3. The van der Waals surface area contributed by atoms with Crippen molar-refractivity contribution in [3.05, 3.63) is 88.5 Å². The summed E-state index contributed by atoms with van der Waals surface area (Å²) in [6.07, 6.45) is 3.76. The van der Waals surface area contributed by atoms with Crippen molar-refractivity contribution in [2.75, 3.05) is 0 Å². The summed E-state index contributed by atoms with van der Waals surface area (Å²) < 4.78 is 1.52. The van der Waals surface area contributed by atoms with Gasteiger partial charge in [-0.05, 0) is 70.8 Å². The predicted molar refractivity (Wildman–Crippen MR) is 122 cm³/mol. The molecule has 0 saturated heterocycles. The van der Waals surface area contributed by atoms with E-state index in [0.717, 1.165) is 16.7 Å². The quantitative estimate of drug-likeness (QED) is 0.435. The molecule has 0 spiro atoms. The van der Waals surface area contributed by atoms with E-state index in [1.165, 1.54) is 23.1 Å². The zero-order valence-corrected chi connectivity index (χ0v) is 18.5. The number of ketones is 1. The van der Waals surface area contributed by atoms with Crippen LogP contribution in [0.25, 0.3) is 16.8 Å². The number of Topliss-reactive ketones (excluding diaryl/α,β-unsaturated/α-hetero) is 1. The van der Waals surface area contributed by atoms with E-state index < -0.39 is 11.6 Å². The number of benzene rings is 2. The zero-order chi connectivity index (χ0) is 23.9. The molecule has 2 heterocycles. The van der Waals surface area contributed by atoms with E-state index in [0.29, 0.717) is 28.4 Å². The molecule has 170 valence electrons. The molecule has 0 aliphatic heterocycles. The molecule has 2 aromatic carbocycles. The van der Waals surface area contributed by atoms with Crippen LogP contribution in [0.4, 0.5) is 0 Å². The summed E-state index contributed by atoms with van der Waals surface area (Å²) in [5.41, 5.74) is 2.41. The maximum absolute atomic E-state index is 13.1. The fourth-order valence-corrected chi connectivity index (χ4v) is 4.41. The number of tetrazole rings is 1. The van der Waals surface area contributed by atoms with Crippen molar-refractivity contribution >= 4 is 23.4 Å². The van der Waals surface area contributed by atoms with Crippen LogP contribution in [0, 0.1) is 0 Å². The van der Waals surface area contributed by atoms with Crippen LogP contribution in [0.3, 0.4) is 0 Å². The highest BCUT2D eigenvalue weighted by Gasteiger charge is 2.44. The minimum Gasteiger partial charge on any atom is -0.478 e. The fourth-order valence-electron chi connectivity index (χ4n) is 4.23. The van der Waals surface area contributed by atoms with Gasteiger partial charge in [0.1, 0.15) is 6.33 Å². The van der Waals surface area contributed by atoms with Gasteiger partial charge in [0.25, 0.3) is 0 Å². The van der Waals surface area contributed by atoms with Gasteiger partial charge in [0.15, 0.2) is 11.4 Å². The minimum absolute atomic E-state index is 0.0307. The highest BCUT2D eigenvalue weighted by atomic mass is 35.5. The first-order chi connectivity index (χ1) is 16.3. The van der Waals surface area contributed by atoms with Gasteiger partial charge in [-0.1, -0.05) is 23.7 Å². The van der Waals surface area contributed by atoms with E-state index in [-0.39, 0.29) is 24.2 Å². The van der Waals surface area contributed by atoms with Gasteiger partial charge in [-0.2, -0.15) is 4.68 Å². The van der Waals surface area contributed by atoms with Crippen LogP contribution in [0.15, 0.2) is 61.1 Å². The van der Waals surface area contributed by atoms with E-state index in [9.17, 15) is 14.7 Å². The SMILES string of the molecule is O=C(O)c1ccc(CC(=O)C2(O)CCc3cc(-c4cc(Cl)ccc4-n4cnnn4)cnc32)cc1. The lowest BCUT2D eigenvalue weighted by atomic mass is 9.90. The van der Waals surface area contributed by atoms with E-state index in [4.69, 9.17) is 16.7 Å². The Labute approximate surface area is 198 Å². The van der Waals surface area contributed by atoms with Crippen LogP contribution in [0.2, 0.25) is 5.02 Å². The monoisotopic (exact) mass is 475 g/mol. The van der Waals surface area contributed by atoms with Gasteiger partial charge in [0.2, 0.25) is 0 Å². The van der Waals surface area contributed by atoms with Crippen molar-refractivity contribution in [1.29, 1.82) is 0 Å². The van der Waals surface area contributed by atoms with Crippen molar-refractivity contribution in [3.8, 4) is 16.8 Å². The van der Waals surface area contributed by atoms with E-state index in [1.54, 1.807) is 36.5 Å². The standard InChI is InChI=1S/C24H18ClN5O4/c25-18-5-6-20(30-13-27-28-29-30)19(11-18)17-10-16-7-8-24(34,22(16)26-12-17)21(31)9-14-1-3-15(4-2-14)23(32)33/h1-6,10-13,34H,7-9H2,(H,32,33). The molecule has 0 amide bonds. The number of carbonyl (C=O) groups excluding carboxylic acids is 1. The second-order valence-electron chi connectivity index (χ2n) is 8.11. The lowest BCUT2D eigenvalue weighted by Gasteiger charge is -2.22. The first-order valence-corrected chi connectivity index (χ1v) is 10.8. The Morgan fingerprint density at radius 2 is 1.91 bits per heavy atom. The zero-order valence-electron chi connectivity index (χ0n) is 17.7. The van der Waals surface area contributed by atoms with E-state index >= 15 is 0 Å². The normalized spacial score (nSPS) is 16.9. The topological polar surface area (TPSA) is 131 Å². The van der Waals surface area contributed by atoms with E-state index in [2.05, 4.69) is 20.5 Å². The van der Waals surface area contributed by atoms with Gasteiger partial charge < -0.3 is 10.2 Å². The lowest BCUT2D eigenvalue weighted by Crippen LogP contribution is -2.35. The highest BCUT2D eigenvalue weighted by Crippen LogP contribution is 2.39. The maximum atomic E-state index is 13.1. The third kappa shape index (κ3) is 3.85. The Morgan fingerprint density at radius 3 is 2.62 bits per heavy atom. The fraction of sp³-hybridized carbons (Fsp3) is 0.167. The largest absolute Gasteiger partial charge is 0.478 e. The number of carbonyl (C=O) groups is 2. The molecule has 5 rings (SSSR count). The van der Waals surface area contributed by atoms with Crippen molar-refractivity contribution < 1.29 is 19.8 Å². The number of rotatable bonds is 6. The summed E-state index contributed by atoms with van der Waals surface area (Å²) in [4.78, 5) is 28.6. The number of aliphatic hydroxyl groups is 1. The maximum Gasteiger partial charge on any atom is 0.335 e. The molecule has 34 heavy (non-hydrogen) atoms. The molecule has 4 aromatic rings. The summed E-state index contributed by atoms with van der Waals surface area (Å²) in [6.45, 7) is 0. The summed E-state index contributed by atoms with van der Waals surface area (Å²) >= 11 is 6.24. The number of aryl methyl sites for hydroxylation is 1. The Kier molecular flexibility index (Phi) is 5.43. The van der Waals surface area contributed by atoms with Gasteiger partial charge in [-0.3, -0.25) is 9.78 Å². The number of aromatic nitrogens is 5.